The molecule has 0 saturated carbocycles. The third kappa shape index (κ3) is 11.6. The summed E-state index contributed by atoms with van der Waals surface area (Å²) < 4.78 is 0. The van der Waals surface area contributed by atoms with Gasteiger partial charge in [0.2, 0.25) is 5.92 Å². The van der Waals surface area contributed by atoms with Crippen molar-refractivity contribution >= 4 is 23.4 Å². The molecule has 0 spiro atoms. The van der Waals surface area contributed by atoms with Crippen LogP contribution in [0.15, 0.2) is 24.3 Å². The molecular formula is C25H39NO5. The van der Waals surface area contributed by atoms with Gasteiger partial charge in [-0.2, -0.15) is 0 Å². The van der Waals surface area contributed by atoms with E-state index >= 15 is 0 Å². The van der Waals surface area contributed by atoms with Gasteiger partial charge in [-0.25, -0.2) is 0 Å². The van der Waals surface area contributed by atoms with Crippen LogP contribution in [-0.2, 0) is 9.59 Å². The highest BCUT2D eigenvalue weighted by Gasteiger charge is 2.34. The molecule has 1 rings (SSSR count). The number of benzene rings is 1. The smallest absolute Gasteiger partial charge is 0.325 e. The van der Waals surface area contributed by atoms with Crippen molar-refractivity contribution < 1.29 is 24.6 Å². The summed E-state index contributed by atoms with van der Waals surface area (Å²) >= 11 is 0. The highest BCUT2D eigenvalue weighted by atomic mass is 16.4. The summed E-state index contributed by atoms with van der Waals surface area (Å²) in [4.78, 5) is 34.0. The van der Waals surface area contributed by atoms with E-state index in [1.54, 1.807) is 12.1 Å². The van der Waals surface area contributed by atoms with Crippen molar-refractivity contribution in [1.29, 1.82) is 0 Å². The van der Waals surface area contributed by atoms with Crippen LogP contribution in [0.3, 0.4) is 0 Å². The SMILES string of the molecule is CCCCCCCCCCCCCCCNc1ccc(C(=O)C(C(=O)O)C(=O)O)cc1. The molecular weight excluding hydrogens is 394 g/mol. The maximum absolute atomic E-state index is 12.1. The number of carboxylic acid groups (broad SMARTS) is 2. The lowest BCUT2D eigenvalue weighted by molar-refractivity contribution is -0.151. The number of Topliss-reactive ketones (excluding diaryl/α,β-unsaturated/α-hetero) is 1. The molecule has 6 heteroatoms. The van der Waals surface area contributed by atoms with E-state index < -0.39 is 23.6 Å². The molecule has 3 N–H and O–H groups in total. The summed E-state index contributed by atoms with van der Waals surface area (Å²) in [6.45, 7) is 3.08. The van der Waals surface area contributed by atoms with Crippen LogP contribution in [0.1, 0.15) is 101 Å². The molecule has 0 aliphatic heterocycles. The molecule has 1 aromatic rings. The Morgan fingerprint density at radius 1 is 0.710 bits per heavy atom. The van der Waals surface area contributed by atoms with Crippen molar-refractivity contribution in [3.8, 4) is 0 Å². The number of ketones is 1. The zero-order valence-electron chi connectivity index (χ0n) is 18.9. The van der Waals surface area contributed by atoms with Crippen molar-refractivity contribution in [2.45, 2.75) is 90.4 Å². The average molecular weight is 434 g/mol. The van der Waals surface area contributed by atoms with Crippen LogP contribution in [-0.4, -0.2) is 34.5 Å². The van der Waals surface area contributed by atoms with Crippen LogP contribution < -0.4 is 5.32 Å². The Labute approximate surface area is 186 Å². The number of unbranched alkanes of at least 4 members (excludes halogenated alkanes) is 12. The number of hydrogen-bond donors (Lipinski definition) is 3. The molecule has 0 aromatic heterocycles. The summed E-state index contributed by atoms with van der Waals surface area (Å²) in [6, 6.07) is 6.28. The van der Waals surface area contributed by atoms with Gasteiger partial charge in [-0.05, 0) is 30.7 Å². The topological polar surface area (TPSA) is 104 Å². The Hall–Kier alpha value is -2.37. The van der Waals surface area contributed by atoms with Gasteiger partial charge in [-0.1, -0.05) is 84.0 Å². The third-order valence-corrected chi connectivity index (χ3v) is 5.53. The number of carboxylic acids is 2. The fraction of sp³-hybridized carbons (Fsp3) is 0.640. The molecule has 0 saturated heterocycles. The van der Waals surface area contributed by atoms with Crippen molar-refractivity contribution in [2.24, 2.45) is 5.92 Å². The monoisotopic (exact) mass is 433 g/mol. The molecule has 0 unspecified atom stereocenters. The molecule has 0 atom stereocenters. The zero-order valence-corrected chi connectivity index (χ0v) is 18.9. The average Bonchev–Trinajstić information content (AvgIpc) is 2.74. The summed E-state index contributed by atoms with van der Waals surface area (Å²) in [5.74, 6) is -6.28. The number of aliphatic carboxylic acids is 2. The summed E-state index contributed by atoms with van der Waals surface area (Å²) in [5.41, 5.74) is 0.916. The van der Waals surface area contributed by atoms with Crippen LogP contribution in [0.2, 0.25) is 0 Å². The van der Waals surface area contributed by atoms with Crippen LogP contribution in [0.25, 0.3) is 0 Å². The molecule has 0 radical (unpaired) electrons. The molecule has 0 heterocycles. The largest absolute Gasteiger partial charge is 0.480 e. The summed E-state index contributed by atoms with van der Waals surface area (Å²) in [5, 5.41) is 21.1. The number of carbonyl (C=O) groups excluding carboxylic acids is 1. The first-order chi connectivity index (χ1) is 15.0. The highest BCUT2D eigenvalue weighted by Crippen LogP contribution is 2.15. The lowest BCUT2D eigenvalue weighted by atomic mass is 9.97. The minimum Gasteiger partial charge on any atom is -0.480 e. The number of nitrogens with one attached hydrogen (secondary N) is 1. The normalized spacial score (nSPS) is 10.9. The Kier molecular flexibility index (Phi) is 14.1. The van der Waals surface area contributed by atoms with Crippen molar-refractivity contribution in [1.82, 2.24) is 0 Å². The van der Waals surface area contributed by atoms with Gasteiger partial charge in [0.1, 0.15) is 0 Å². The number of carbonyl (C=O) groups is 3. The van der Waals surface area contributed by atoms with E-state index in [-0.39, 0.29) is 5.56 Å². The van der Waals surface area contributed by atoms with Crippen LogP contribution in [0.4, 0.5) is 5.69 Å². The molecule has 0 bridgehead atoms. The molecule has 0 aliphatic rings. The Morgan fingerprint density at radius 3 is 1.55 bits per heavy atom. The van der Waals surface area contributed by atoms with Gasteiger partial charge in [-0.15, -0.1) is 0 Å². The summed E-state index contributed by atoms with van der Waals surface area (Å²) in [7, 11) is 0. The molecule has 6 nitrogen and oxygen atoms in total. The lowest BCUT2D eigenvalue weighted by Crippen LogP contribution is -2.31. The third-order valence-electron chi connectivity index (χ3n) is 5.53. The second-order valence-electron chi connectivity index (χ2n) is 8.22. The minimum absolute atomic E-state index is 0.0845. The maximum Gasteiger partial charge on any atom is 0.325 e. The minimum atomic E-state index is -2.07. The maximum atomic E-state index is 12.1. The van der Waals surface area contributed by atoms with Crippen molar-refractivity contribution in [2.75, 3.05) is 11.9 Å². The first kappa shape index (κ1) is 26.7. The van der Waals surface area contributed by atoms with E-state index in [2.05, 4.69) is 12.2 Å². The fourth-order valence-corrected chi connectivity index (χ4v) is 3.62. The Morgan fingerprint density at radius 2 is 1.13 bits per heavy atom. The van der Waals surface area contributed by atoms with Gasteiger partial charge in [0.15, 0.2) is 5.78 Å². The molecule has 0 aliphatic carbocycles. The van der Waals surface area contributed by atoms with E-state index in [4.69, 9.17) is 10.2 Å². The van der Waals surface area contributed by atoms with Gasteiger partial charge in [0.25, 0.3) is 0 Å². The molecule has 0 fully saturated rings. The predicted octanol–water partition coefficient (Wildman–Crippen LogP) is 6.16. The highest BCUT2D eigenvalue weighted by molar-refractivity contribution is 6.20. The van der Waals surface area contributed by atoms with Crippen LogP contribution >= 0.6 is 0 Å². The number of rotatable bonds is 19. The van der Waals surface area contributed by atoms with E-state index in [0.717, 1.165) is 18.7 Å². The molecule has 1 aromatic carbocycles. The van der Waals surface area contributed by atoms with Gasteiger partial charge in [-0.3, -0.25) is 14.4 Å². The molecule has 31 heavy (non-hydrogen) atoms. The van der Waals surface area contributed by atoms with E-state index in [0.29, 0.717) is 0 Å². The lowest BCUT2D eigenvalue weighted by Gasteiger charge is -2.09. The Bertz CT molecular complexity index is 642. The van der Waals surface area contributed by atoms with Crippen molar-refractivity contribution in [3.05, 3.63) is 29.8 Å². The van der Waals surface area contributed by atoms with Gasteiger partial charge in [0, 0.05) is 17.8 Å². The number of hydrogen-bond acceptors (Lipinski definition) is 4. The van der Waals surface area contributed by atoms with Crippen LogP contribution in [0, 0.1) is 5.92 Å². The fourth-order valence-electron chi connectivity index (χ4n) is 3.62. The van der Waals surface area contributed by atoms with Crippen LogP contribution in [0.5, 0.6) is 0 Å². The second-order valence-corrected chi connectivity index (χ2v) is 8.22. The summed E-state index contributed by atoms with van der Waals surface area (Å²) in [6.07, 6.45) is 17.1. The zero-order chi connectivity index (χ0) is 22.9. The van der Waals surface area contributed by atoms with E-state index in [1.807, 2.05) is 0 Å². The second kappa shape index (κ2) is 16.3. The molecule has 174 valence electrons. The van der Waals surface area contributed by atoms with E-state index in [1.165, 1.54) is 89.2 Å². The Balaban J connectivity index is 2.10. The number of anilines is 1. The van der Waals surface area contributed by atoms with Crippen molar-refractivity contribution in [3.63, 3.8) is 0 Å². The standard InChI is InChI=1S/C25H39NO5/c1-2-3-4-5-6-7-8-9-10-11-12-13-14-19-26-21-17-15-20(16-18-21)23(27)22(24(28)29)25(30)31/h15-18,22,26H,2-14,19H2,1H3,(H,28,29)(H,30,31). The van der Waals surface area contributed by atoms with Gasteiger partial charge >= 0.3 is 11.9 Å². The first-order valence-corrected chi connectivity index (χ1v) is 11.8. The van der Waals surface area contributed by atoms with E-state index in [9.17, 15) is 14.4 Å². The quantitative estimate of drug-likeness (QED) is 0.137. The first-order valence-electron chi connectivity index (χ1n) is 11.8. The predicted molar refractivity (Wildman–Crippen MR) is 124 cm³/mol. The molecule has 0 amide bonds. The van der Waals surface area contributed by atoms with Gasteiger partial charge in [0.05, 0.1) is 0 Å². The van der Waals surface area contributed by atoms with Gasteiger partial charge < -0.3 is 15.5 Å².